The Balaban J connectivity index is 2.88. The molecule has 0 amide bonds. The third-order valence-corrected chi connectivity index (χ3v) is 2.81. The van der Waals surface area contributed by atoms with Gasteiger partial charge in [-0.2, -0.15) is 0 Å². The Bertz CT molecular complexity index is 568. The summed E-state index contributed by atoms with van der Waals surface area (Å²) in [6.07, 6.45) is 0. The van der Waals surface area contributed by atoms with Gasteiger partial charge in [0.25, 0.3) is 0 Å². The van der Waals surface area contributed by atoms with Crippen LogP contribution in [0.5, 0.6) is 0 Å². The van der Waals surface area contributed by atoms with Gasteiger partial charge in [-0.1, -0.05) is 17.3 Å². The largest absolute Gasteiger partial charge is 0.461 e. The van der Waals surface area contributed by atoms with E-state index in [4.69, 9.17) is 0 Å². The molecule has 0 N–H and O–H groups in total. The lowest BCUT2D eigenvalue weighted by Gasteiger charge is -2.03. The van der Waals surface area contributed by atoms with Crippen LogP contribution in [0.3, 0.4) is 0 Å². The maximum atomic E-state index is 11.8. The second-order valence-corrected chi connectivity index (χ2v) is 4.43. The molecule has 20 heavy (non-hydrogen) atoms. The van der Waals surface area contributed by atoms with Gasteiger partial charge >= 0.3 is 11.9 Å². The minimum atomic E-state index is -0.931. The number of hydrogen-bond acceptors (Lipinski definition) is 6. The summed E-state index contributed by atoms with van der Waals surface area (Å²) < 4.78 is 5.15. The maximum absolute atomic E-state index is 11.8. The first kappa shape index (κ1) is 16.0. The standard InChI is InChI=1S/C13H12BrNO5/c1-3-19-13(18)11(8(2)16)15-20-12(17)9-6-4-5-7-10(9)14/h4-7H,3H2,1-2H3/b15-11-. The van der Waals surface area contributed by atoms with Crippen LogP contribution in [0, 0.1) is 0 Å². The van der Waals surface area contributed by atoms with Gasteiger partial charge < -0.3 is 9.57 Å². The Morgan fingerprint density at radius 2 is 1.90 bits per heavy atom. The predicted molar refractivity (Wildman–Crippen MR) is 74.3 cm³/mol. The van der Waals surface area contributed by atoms with E-state index < -0.39 is 23.4 Å². The molecule has 1 rings (SSSR count). The summed E-state index contributed by atoms with van der Waals surface area (Å²) in [4.78, 5) is 39.0. The fourth-order valence-electron chi connectivity index (χ4n) is 1.21. The minimum Gasteiger partial charge on any atom is -0.461 e. The number of hydrogen-bond donors (Lipinski definition) is 0. The van der Waals surface area contributed by atoms with Gasteiger partial charge in [0.05, 0.1) is 12.2 Å². The zero-order valence-electron chi connectivity index (χ0n) is 10.9. The molecule has 0 bridgehead atoms. The van der Waals surface area contributed by atoms with Gasteiger partial charge in [0, 0.05) is 11.4 Å². The van der Waals surface area contributed by atoms with E-state index in [-0.39, 0.29) is 12.2 Å². The molecule has 0 heterocycles. The van der Waals surface area contributed by atoms with Gasteiger partial charge in [-0.15, -0.1) is 0 Å². The number of nitrogens with zero attached hydrogens (tertiary/aromatic N) is 1. The van der Waals surface area contributed by atoms with E-state index in [1.54, 1.807) is 25.1 Å². The van der Waals surface area contributed by atoms with E-state index in [0.717, 1.165) is 6.92 Å². The van der Waals surface area contributed by atoms with Crippen LogP contribution in [0.1, 0.15) is 24.2 Å². The molecular formula is C13H12BrNO5. The fourth-order valence-corrected chi connectivity index (χ4v) is 1.65. The van der Waals surface area contributed by atoms with Crippen molar-refractivity contribution in [2.24, 2.45) is 5.16 Å². The minimum absolute atomic E-state index is 0.0866. The Morgan fingerprint density at radius 3 is 2.45 bits per heavy atom. The van der Waals surface area contributed by atoms with E-state index in [1.807, 2.05) is 0 Å². The predicted octanol–water partition coefficient (Wildman–Crippen LogP) is 2.11. The SMILES string of the molecule is CCOC(=O)/C(=N\OC(=O)c1ccccc1Br)C(C)=O. The number of carbonyl (C=O) groups is 3. The van der Waals surface area contributed by atoms with Crippen LogP contribution in [0.15, 0.2) is 33.9 Å². The smallest absolute Gasteiger partial charge is 0.366 e. The number of esters is 1. The molecular weight excluding hydrogens is 330 g/mol. The number of rotatable bonds is 5. The van der Waals surface area contributed by atoms with Crippen molar-refractivity contribution >= 4 is 39.4 Å². The van der Waals surface area contributed by atoms with Gasteiger partial charge in [-0.25, -0.2) is 9.59 Å². The Hall–Kier alpha value is -2.02. The van der Waals surface area contributed by atoms with Gasteiger partial charge in [-0.3, -0.25) is 4.79 Å². The van der Waals surface area contributed by atoms with Crippen LogP contribution in [-0.2, 0) is 19.2 Å². The highest BCUT2D eigenvalue weighted by atomic mass is 79.9. The zero-order chi connectivity index (χ0) is 15.1. The Kier molecular flexibility index (Phi) is 6.05. The van der Waals surface area contributed by atoms with E-state index in [2.05, 4.69) is 30.7 Å². The molecule has 0 aliphatic carbocycles. The van der Waals surface area contributed by atoms with E-state index in [0.29, 0.717) is 4.47 Å². The third kappa shape index (κ3) is 4.27. The molecule has 0 atom stereocenters. The zero-order valence-corrected chi connectivity index (χ0v) is 12.5. The van der Waals surface area contributed by atoms with Crippen LogP contribution in [0.25, 0.3) is 0 Å². The molecule has 0 aliphatic rings. The lowest BCUT2D eigenvalue weighted by Crippen LogP contribution is -2.25. The highest BCUT2D eigenvalue weighted by Gasteiger charge is 2.20. The summed E-state index contributed by atoms with van der Waals surface area (Å²) in [5.41, 5.74) is -0.338. The molecule has 1 aromatic carbocycles. The highest BCUT2D eigenvalue weighted by molar-refractivity contribution is 9.10. The second-order valence-electron chi connectivity index (χ2n) is 3.58. The highest BCUT2D eigenvalue weighted by Crippen LogP contribution is 2.16. The van der Waals surface area contributed by atoms with Gasteiger partial charge in [0.15, 0.2) is 5.78 Å². The van der Waals surface area contributed by atoms with Crippen molar-refractivity contribution in [1.29, 1.82) is 0 Å². The summed E-state index contributed by atoms with van der Waals surface area (Å²) in [6.45, 7) is 2.80. The van der Waals surface area contributed by atoms with E-state index in [9.17, 15) is 14.4 Å². The number of ketones is 1. The molecule has 1 aromatic rings. The van der Waals surface area contributed by atoms with Crippen molar-refractivity contribution in [3.63, 3.8) is 0 Å². The van der Waals surface area contributed by atoms with Crippen molar-refractivity contribution < 1.29 is 24.0 Å². The number of halogens is 1. The lowest BCUT2D eigenvalue weighted by atomic mass is 10.2. The summed E-state index contributed by atoms with van der Waals surface area (Å²) in [7, 11) is 0. The first-order valence-corrected chi connectivity index (χ1v) is 6.48. The van der Waals surface area contributed by atoms with Crippen molar-refractivity contribution in [2.75, 3.05) is 6.61 Å². The molecule has 6 nitrogen and oxygen atoms in total. The van der Waals surface area contributed by atoms with Gasteiger partial charge in [0.1, 0.15) is 0 Å². The van der Waals surface area contributed by atoms with Crippen molar-refractivity contribution in [3.8, 4) is 0 Å². The molecule has 0 spiro atoms. The molecule has 0 unspecified atom stereocenters. The topological polar surface area (TPSA) is 82.0 Å². The van der Waals surface area contributed by atoms with Crippen LogP contribution >= 0.6 is 15.9 Å². The summed E-state index contributed by atoms with van der Waals surface area (Å²) in [5, 5.41) is 3.28. The normalized spacial score (nSPS) is 10.8. The summed E-state index contributed by atoms with van der Waals surface area (Å²) in [5.74, 6) is -2.37. The molecule has 7 heteroatoms. The number of Topliss-reactive ketones (excluding diaryl/α,β-unsaturated/α-hetero) is 1. The van der Waals surface area contributed by atoms with Gasteiger partial charge in [0.2, 0.25) is 5.71 Å². The number of benzene rings is 1. The van der Waals surface area contributed by atoms with Crippen LogP contribution in [0.4, 0.5) is 0 Å². The molecule has 106 valence electrons. The average Bonchev–Trinajstić information content (AvgIpc) is 2.39. The van der Waals surface area contributed by atoms with Crippen molar-refractivity contribution in [2.45, 2.75) is 13.8 Å². The molecule has 0 saturated heterocycles. The van der Waals surface area contributed by atoms with E-state index in [1.165, 1.54) is 6.07 Å². The molecule has 0 fully saturated rings. The first-order chi connectivity index (χ1) is 9.47. The molecule has 0 saturated carbocycles. The molecule has 0 aromatic heterocycles. The third-order valence-electron chi connectivity index (χ3n) is 2.12. The second kappa shape index (κ2) is 7.54. The Labute approximate surface area is 123 Å². The van der Waals surface area contributed by atoms with Gasteiger partial charge in [-0.05, 0) is 35.0 Å². The number of carbonyl (C=O) groups excluding carboxylic acids is 3. The van der Waals surface area contributed by atoms with Crippen LogP contribution in [-0.4, -0.2) is 30.0 Å². The first-order valence-electron chi connectivity index (χ1n) is 5.69. The quantitative estimate of drug-likeness (QED) is 0.269. The lowest BCUT2D eigenvalue weighted by molar-refractivity contribution is -0.135. The Morgan fingerprint density at radius 1 is 1.25 bits per heavy atom. The number of oxime groups is 1. The van der Waals surface area contributed by atoms with Crippen molar-refractivity contribution in [1.82, 2.24) is 0 Å². The van der Waals surface area contributed by atoms with Crippen LogP contribution < -0.4 is 0 Å². The average molecular weight is 342 g/mol. The monoisotopic (exact) mass is 341 g/mol. The van der Waals surface area contributed by atoms with Crippen molar-refractivity contribution in [3.05, 3.63) is 34.3 Å². The molecule has 0 aliphatic heterocycles. The summed E-state index contributed by atoms with van der Waals surface area (Å²) in [6, 6.07) is 6.53. The molecule has 0 radical (unpaired) electrons. The number of ether oxygens (including phenoxy) is 1. The van der Waals surface area contributed by atoms with Crippen LogP contribution in [0.2, 0.25) is 0 Å². The maximum Gasteiger partial charge on any atom is 0.366 e. The fraction of sp³-hybridized carbons (Fsp3) is 0.231. The summed E-state index contributed by atoms with van der Waals surface area (Å²) >= 11 is 3.18. The van der Waals surface area contributed by atoms with E-state index >= 15 is 0 Å².